The number of hydrogen-bond acceptors (Lipinski definition) is 3. The standard InChI is InChI=1S/C19H13N4P/c20-18-8-11(3-5-21-18)14-4-6-22-19-15(14)9-16(23-19)12-1-2-13-10-24-17(13)7-12/h1-10H,(H2,20,21)(H,22,23). The number of pyridine rings is 2. The Morgan fingerprint density at radius 2 is 1.83 bits per heavy atom. The van der Waals surface area contributed by atoms with E-state index >= 15 is 0 Å². The van der Waals surface area contributed by atoms with Crippen LogP contribution >= 0.6 is 8.20 Å². The Morgan fingerprint density at radius 3 is 2.62 bits per heavy atom. The highest BCUT2D eigenvalue weighted by molar-refractivity contribution is 7.51. The summed E-state index contributed by atoms with van der Waals surface area (Å²) >= 11 is 0. The van der Waals surface area contributed by atoms with Gasteiger partial charge in [0.05, 0.1) is 0 Å². The van der Waals surface area contributed by atoms with Crippen molar-refractivity contribution in [2.45, 2.75) is 0 Å². The molecule has 0 saturated carbocycles. The lowest BCUT2D eigenvalue weighted by Crippen LogP contribution is -2.09. The van der Waals surface area contributed by atoms with Gasteiger partial charge < -0.3 is 10.7 Å². The number of anilines is 1. The van der Waals surface area contributed by atoms with Crippen molar-refractivity contribution in [1.29, 1.82) is 0 Å². The number of rotatable bonds is 2. The number of benzene rings is 1. The van der Waals surface area contributed by atoms with Crippen molar-refractivity contribution in [3.05, 3.63) is 60.4 Å². The number of nitrogens with one attached hydrogen (secondary N) is 1. The smallest absolute Gasteiger partial charge is 0.138 e. The van der Waals surface area contributed by atoms with E-state index in [0.29, 0.717) is 5.82 Å². The van der Waals surface area contributed by atoms with Crippen LogP contribution in [-0.2, 0) is 0 Å². The molecule has 0 bridgehead atoms. The summed E-state index contributed by atoms with van der Waals surface area (Å²) in [5.74, 6) is 2.74. The van der Waals surface area contributed by atoms with Crippen molar-refractivity contribution < 1.29 is 0 Å². The minimum absolute atomic E-state index is 0.519. The number of nitrogens with zero attached hydrogens (tertiary/aromatic N) is 2. The zero-order chi connectivity index (χ0) is 16.1. The first-order chi connectivity index (χ1) is 11.8. The summed E-state index contributed by atoms with van der Waals surface area (Å²) in [6.07, 6.45) is 3.55. The van der Waals surface area contributed by atoms with E-state index in [0.717, 1.165) is 27.9 Å². The molecule has 1 aliphatic rings. The van der Waals surface area contributed by atoms with Crippen LogP contribution in [0.25, 0.3) is 33.4 Å². The molecule has 1 aliphatic heterocycles. The summed E-state index contributed by atoms with van der Waals surface area (Å²) in [4.78, 5) is 12.0. The normalized spacial score (nSPS) is 12.8. The van der Waals surface area contributed by atoms with E-state index < -0.39 is 0 Å². The first kappa shape index (κ1) is 13.5. The molecule has 0 unspecified atom stereocenters. The van der Waals surface area contributed by atoms with Crippen LogP contribution in [0.15, 0.2) is 54.9 Å². The SMILES string of the molecule is Nc1cc(-c2ccnc3[nH]c(-c4ccc5c(c4)P=C5)cc23)ccn1. The Bertz CT molecular complexity index is 1130. The Labute approximate surface area is 140 Å². The summed E-state index contributed by atoms with van der Waals surface area (Å²) in [6.45, 7) is 0. The molecule has 0 radical (unpaired) electrons. The molecule has 24 heavy (non-hydrogen) atoms. The van der Waals surface area contributed by atoms with E-state index in [-0.39, 0.29) is 0 Å². The minimum atomic E-state index is 0.519. The van der Waals surface area contributed by atoms with Crippen molar-refractivity contribution in [2.24, 2.45) is 0 Å². The highest BCUT2D eigenvalue weighted by Gasteiger charge is 2.12. The lowest BCUT2D eigenvalue weighted by atomic mass is 10.0. The summed E-state index contributed by atoms with van der Waals surface area (Å²) in [6, 6.07) is 14.6. The molecule has 3 aromatic heterocycles. The van der Waals surface area contributed by atoms with Crippen LogP contribution in [-0.4, -0.2) is 20.7 Å². The average Bonchev–Trinajstić information content (AvgIpc) is 3.00. The van der Waals surface area contributed by atoms with Gasteiger partial charge in [-0.15, -0.1) is 0 Å². The zero-order valence-corrected chi connectivity index (χ0v) is 13.6. The molecule has 114 valence electrons. The Kier molecular flexibility index (Phi) is 2.81. The van der Waals surface area contributed by atoms with Crippen molar-refractivity contribution in [3.8, 4) is 22.4 Å². The molecule has 4 nitrogen and oxygen atoms in total. The van der Waals surface area contributed by atoms with E-state index in [2.05, 4.69) is 45.0 Å². The van der Waals surface area contributed by atoms with Gasteiger partial charge in [-0.1, -0.05) is 20.3 Å². The molecular formula is C19H13N4P. The number of aromatic nitrogens is 3. The maximum Gasteiger partial charge on any atom is 0.138 e. The topological polar surface area (TPSA) is 67.6 Å². The molecule has 4 aromatic rings. The number of fused-ring (bicyclic) bond motifs is 2. The van der Waals surface area contributed by atoms with Crippen LogP contribution in [0.3, 0.4) is 0 Å². The monoisotopic (exact) mass is 328 g/mol. The van der Waals surface area contributed by atoms with E-state index in [9.17, 15) is 0 Å². The van der Waals surface area contributed by atoms with Gasteiger partial charge in [0.25, 0.3) is 0 Å². The summed E-state index contributed by atoms with van der Waals surface area (Å²) in [5, 5.41) is 2.46. The zero-order valence-electron chi connectivity index (χ0n) is 12.7. The van der Waals surface area contributed by atoms with E-state index in [4.69, 9.17) is 5.73 Å². The summed E-state index contributed by atoms with van der Waals surface area (Å²) < 4.78 is 0. The van der Waals surface area contributed by atoms with Crippen molar-refractivity contribution in [3.63, 3.8) is 0 Å². The first-order valence-electron chi connectivity index (χ1n) is 7.66. The van der Waals surface area contributed by atoms with Crippen molar-refractivity contribution in [2.75, 3.05) is 5.73 Å². The van der Waals surface area contributed by atoms with Gasteiger partial charge in [-0.2, -0.15) is 0 Å². The molecule has 0 aliphatic carbocycles. The largest absolute Gasteiger partial charge is 0.384 e. The Hall–Kier alpha value is -2.97. The molecule has 3 N–H and O–H groups in total. The molecular weight excluding hydrogens is 315 g/mol. The maximum atomic E-state index is 5.84. The quantitative estimate of drug-likeness (QED) is 0.486. The number of nitrogen functional groups attached to an aromatic ring is 1. The average molecular weight is 328 g/mol. The third kappa shape index (κ3) is 2.04. The highest BCUT2D eigenvalue weighted by Crippen LogP contribution is 2.32. The van der Waals surface area contributed by atoms with Gasteiger partial charge >= 0.3 is 0 Å². The first-order valence-corrected chi connectivity index (χ1v) is 8.62. The maximum absolute atomic E-state index is 5.84. The molecule has 1 aromatic carbocycles. The van der Waals surface area contributed by atoms with Gasteiger partial charge in [-0.05, 0) is 58.4 Å². The molecule has 5 heteroatoms. The second-order valence-electron chi connectivity index (χ2n) is 5.80. The van der Waals surface area contributed by atoms with Gasteiger partial charge in [-0.25, -0.2) is 9.97 Å². The lowest BCUT2D eigenvalue weighted by Gasteiger charge is -2.10. The molecule has 0 saturated heterocycles. The highest BCUT2D eigenvalue weighted by atomic mass is 31.1. The predicted molar refractivity (Wildman–Crippen MR) is 101 cm³/mol. The van der Waals surface area contributed by atoms with Gasteiger partial charge in [0.2, 0.25) is 0 Å². The van der Waals surface area contributed by atoms with Gasteiger partial charge in [0.15, 0.2) is 0 Å². The number of H-pyrrole nitrogens is 1. The molecule has 0 atom stereocenters. The van der Waals surface area contributed by atoms with E-state index in [1.165, 1.54) is 24.6 Å². The number of aromatic amines is 1. The second-order valence-corrected chi connectivity index (χ2v) is 6.80. The van der Waals surface area contributed by atoms with Crippen LogP contribution in [0.5, 0.6) is 0 Å². The van der Waals surface area contributed by atoms with Crippen molar-refractivity contribution in [1.82, 2.24) is 15.0 Å². The summed E-state index contributed by atoms with van der Waals surface area (Å²) in [7, 11) is 1.30. The van der Waals surface area contributed by atoms with Crippen LogP contribution in [0.4, 0.5) is 5.82 Å². The van der Waals surface area contributed by atoms with E-state index in [1.807, 2.05) is 24.4 Å². The third-order valence-corrected chi connectivity index (χ3v) is 5.38. The summed E-state index contributed by atoms with van der Waals surface area (Å²) in [5.41, 5.74) is 12.5. The van der Waals surface area contributed by atoms with Gasteiger partial charge in [0, 0.05) is 28.8 Å². The van der Waals surface area contributed by atoms with Crippen LogP contribution in [0.2, 0.25) is 0 Å². The Balaban J connectivity index is 1.68. The Morgan fingerprint density at radius 1 is 0.917 bits per heavy atom. The molecule has 0 fully saturated rings. The molecule has 0 amide bonds. The molecule has 0 spiro atoms. The van der Waals surface area contributed by atoms with Crippen LogP contribution in [0, 0.1) is 0 Å². The van der Waals surface area contributed by atoms with Crippen LogP contribution < -0.4 is 11.0 Å². The minimum Gasteiger partial charge on any atom is -0.384 e. The molecule has 5 rings (SSSR count). The second kappa shape index (κ2) is 5.02. The van der Waals surface area contributed by atoms with Crippen molar-refractivity contribution >= 4 is 36.2 Å². The van der Waals surface area contributed by atoms with Gasteiger partial charge in [-0.3, -0.25) is 0 Å². The van der Waals surface area contributed by atoms with E-state index in [1.54, 1.807) is 6.20 Å². The fourth-order valence-corrected chi connectivity index (χ4v) is 3.86. The number of nitrogens with two attached hydrogens (primary N) is 1. The predicted octanol–water partition coefficient (Wildman–Crippen LogP) is 3.61. The lowest BCUT2D eigenvalue weighted by molar-refractivity contribution is 1.32. The fourth-order valence-electron chi connectivity index (χ4n) is 3.06. The molecule has 4 heterocycles. The van der Waals surface area contributed by atoms with Gasteiger partial charge in [0.1, 0.15) is 11.5 Å². The fraction of sp³-hybridized carbons (Fsp3) is 0. The van der Waals surface area contributed by atoms with Crippen LogP contribution in [0.1, 0.15) is 5.56 Å². The third-order valence-electron chi connectivity index (χ3n) is 4.31. The number of hydrogen-bond donors (Lipinski definition) is 2.